The summed E-state index contributed by atoms with van der Waals surface area (Å²) in [5, 5.41) is 11.6. The fourth-order valence-electron chi connectivity index (χ4n) is 1.83. The van der Waals surface area contributed by atoms with Crippen molar-refractivity contribution in [3.63, 3.8) is 0 Å². The van der Waals surface area contributed by atoms with Crippen molar-refractivity contribution in [2.24, 2.45) is 0 Å². The molecule has 1 aliphatic rings. The molecular weight excluding hydrogens is 272 g/mol. The molecule has 6 heteroatoms. The van der Waals surface area contributed by atoms with E-state index in [-0.39, 0.29) is 6.10 Å². The molecule has 1 atom stereocenters. The van der Waals surface area contributed by atoms with Gasteiger partial charge in [-0.05, 0) is 28.1 Å². The van der Waals surface area contributed by atoms with Crippen molar-refractivity contribution >= 4 is 21.6 Å². The van der Waals surface area contributed by atoms with Gasteiger partial charge in [-0.1, -0.05) is 0 Å². The van der Waals surface area contributed by atoms with Gasteiger partial charge < -0.3 is 10.1 Å². The molecule has 84 valence electrons. The predicted molar refractivity (Wildman–Crippen MR) is 62.2 cm³/mol. The molecule has 0 radical (unpaired) electrons. The van der Waals surface area contributed by atoms with Gasteiger partial charge in [-0.3, -0.25) is 4.40 Å². The lowest BCUT2D eigenvalue weighted by molar-refractivity contribution is 0.0215. The minimum absolute atomic E-state index is 0.0157. The van der Waals surface area contributed by atoms with Crippen LogP contribution in [0.25, 0.3) is 5.65 Å². The molecule has 0 aliphatic carbocycles. The molecule has 0 spiro atoms. The summed E-state index contributed by atoms with van der Waals surface area (Å²) in [5.74, 6) is 0.850. The average molecular weight is 283 g/mol. The fraction of sp³-hybridized carbons (Fsp3) is 0.400. The zero-order chi connectivity index (χ0) is 11.0. The van der Waals surface area contributed by atoms with Crippen molar-refractivity contribution in [2.45, 2.75) is 6.10 Å². The van der Waals surface area contributed by atoms with Crippen LogP contribution in [0, 0.1) is 0 Å². The molecule has 1 unspecified atom stereocenters. The number of nitrogens with one attached hydrogen (secondary N) is 1. The topological polar surface area (TPSA) is 51.5 Å². The first-order valence-corrected chi connectivity index (χ1v) is 5.96. The summed E-state index contributed by atoms with van der Waals surface area (Å²) in [4.78, 5) is 0. The Morgan fingerprint density at radius 3 is 3.19 bits per heavy atom. The van der Waals surface area contributed by atoms with Gasteiger partial charge >= 0.3 is 0 Å². The SMILES string of the molecule is Brc1ccc2nnc(C3CNCCO3)n2c1. The summed E-state index contributed by atoms with van der Waals surface area (Å²) in [6.07, 6.45) is 1.95. The highest BCUT2D eigenvalue weighted by molar-refractivity contribution is 9.10. The smallest absolute Gasteiger partial charge is 0.167 e. The lowest BCUT2D eigenvalue weighted by Gasteiger charge is -2.22. The quantitative estimate of drug-likeness (QED) is 0.853. The maximum absolute atomic E-state index is 5.67. The van der Waals surface area contributed by atoms with Crippen LogP contribution >= 0.6 is 15.9 Å². The van der Waals surface area contributed by atoms with Crippen LogP contribution in [0.4, 0.5) is 0 Å². The van der Waals surface area contributed by atoms with E-state index < -0.39 is 0 Å². The number of hydrogen-bond donors (Lipinski definition) is 1. The first-order chi connectivity index (χ1) is 7.84. The van der Waals surface area contributed by atoms with Gasteiger partial charge in [-0.2, -0.15) is 0 Å². The maximum atomic E-state index is 5.67. The Balaban J connectivity index is 2.05. The first kappa shape index (κ1) is 10.2. The number of pyridine rings is 1. The van der Waals surface area contributed by atoms with Crippen molar-refractivity contribution in [3.05, 3.63) is 28.6 Å². The molecule has 3 rings (SSSR count). The van der Waals surface area contributed by atoms with Crippen molar-refractivity contribution in [1.82, 2.24) is 19.9 Å². The number of fused-ring (bicyclic) bond motifs is 1. The van der Waals surface area contributed by atoms with E-state index in [1.54, 1.807) is 0 Å². The van der Waals surface area contributed by atoms with Crippen LogP contribution in [0.5, 0.6) is 0 Å². The molecule has 16 heavy (non-hydrogen) atoms. The molecule has 1 N–H and O–H groups in total. The van der Waals surface area contributed by atoms with E-state index in [1.165, 1.54) is 0 Å². The molecule has 5 nitrogen and oxygen atoms in total. The second-order valence-corrected chi connectivity index (χ2v) is 4.61. The highest BCUT2D eigenvalue weighted by Gasteiger charge is 2.21. The van der Waals surface area contributed by atoms with Crippen molar-refractivity contribution in [2.75, 3.05) is 19.7 Å². The Bertz CT molecular complexity index is 506. The maximum Gasteiger partial charge on any atom is 0.167 e. The first-order valence-electron chi connectivity index (χ1n) is 5.17. The van der Waals surface area contributed by atoms with Crippen LogP contribution < -0.4 is 5.32 Å². The minimum atomic E-state index is -0.0157. The van der Waals surface area contributed by atoms with Crippen LogP contribution in [0.3, 0.4) is 0 Å². The van der Waals surface area contributed by atoms with Gasteiger partial charge in [-0.25, -0.2) is 0 Å². The predicted octanol–water partition coefficient (Wildman–Crippen LogP) is 1.15. The monoisotopic (exact) mass is 282 g/mol. The molecule has 0 saturated carbocycles. The van der Waals surface area contributed by atoms with Gasteiger partial charge in [0.05, 0.1) is 6.61 Å². The van der Waals surface area contributed by atoms with Gasteiger partial charge in [0.1, 0.15) is 6.10 Å². The zero-order valence-electron chi connectivity index (χ0n) is 8.56. The molecule has 1 saturated heterocycles. The molecule has 1 aliphatic heterocycles. The largest absolute Gasteiger partial charge is 0.368 e. The van der Waals surface area contributed by atoms with Gasteiger partial charge in [-0.15, -0.1) is 10.2 Å². The molecule has 2 aromatic rings. The highest BCUT2D eigenvalue weighted by atomic mass is 79.9. The summed E-state index contributed by atoms with van der Waals surface area (Å²) in [5.41, 5.74) is 0.840. The molecule has 1 fully saturated rings. The second kappa shape index (κ2) is 4.12. The Kier molecular flexibility index (Phi) is 2.62. The molecule has 0 aromatic carbocycles. The van der Waals surface area contributed by atoms with Gasteiger partial charge in [0.2, 0.25) is 0 Å². The van der Waals surface area contributed by atoms with Crippen molar-refractivity contribution in [1.29, 1.82) is 0 Å². The Morgan fingerprint density at radius 2 is 2.38 bits per heavy atom. The summed E-state index contributed by atoms with van der Waals surface area (Å²) >= 11 is 3.44. The molecule has 0 bridgehead atoms. The number of hydrogen-bond acceptors (Lipinski definition) is 4. The fourth-order valence-corrected chi connectivity index (χ4v) is 2.17. The summed E-state index contributed by atoms with van der Waals surface area (Å²) < 4.78 is 8.63. The Hall–Kier alpha value is -0.980. The average Bonchev–Trinajstić information content (AvgIpc) is 2.73. The highest BCUT2D eigenvalue weighted by Crippen LogP contribution is 2.19. The lowest BCUT2D eigenvalue weighted by Crippen LogP contribution is -2.34. The molecule has 3 heterocycles. The molecule has 2 aromatic heterocycles. The zero-order valence-corrected chi connectivity index (χ0v) is 10.1. The third kappa shape index (κ3) is 1.73. The van der Waals surface area contributed by atoms with E-state index >= 15 is 0 Å². The van der Waals surface area contributed by atoms with Crippen molar-refractivity contribution in [3.8, 4) is 0 Å². The van der Waals surface area contributed by atoms with Crippen LogP contribution in [0.2, 0.25) is 0 Å². The van der Waals surface area contributed by atoms with E-state index in [9.17, 15) is 0 Å². The van der Waals surface area contributed by atoms with E-state index in [4.69, 9.17) is 4.74 Å². The van der Waals surface area contributed by atoms with E-state index in [1.807, 2.05) is 22.7 Å². The minimum Gasteiger partial charge on any atom is -0.368 e. The van der Waals surface area contributed by atoms with Crippen molar-refractivity contribution < 1.29 is 4.74 Å². The Morgan fingerprint density at radius 1 is 1.44 bits per heavy atom. The van der Waals surface area contributed by atoms with Gasteiger partial charge in [0.15, 0.2) is 11.5 Å². The number of ether oxygens (including phenoxy) is 1. The van der Waals surface area contributed by atoms with Crippen LogP contribution in [-0.2, 0) is 4.74 Å². The second-order valence-electron chi connectivity index (χ2n) is 3.70. The van der Waals surface area contributed by atoms with Crippen LogP contribution in [0.1, 0.15) is 11.9 Å². The van der Waals surface area contributed by atoms with E-state index in [2.05, 4.69) is 31.4 Å². The Labute approximate surface area is 101 Å². The van der Waals surface area contributed by atoms with Crippen LogP contribution in [0.15, 0.2) is 22.8 Å². The summed E-state index contributed by atoms with van der Waals surface area (Å²) in [6.45, 7) is 2.40. The standard InChI is InChI=1S/C10H11BrN4O/c11-7-1-2-9-13-14-10(15(9)6-7)8-5-12-3-4-16-8/h1-2,6,8,12H,3-5H2. The summed E-state index contributed by atoms with van der Waals surface area (Å²) in [6, 6.07) is 3.88. The van der Waals surface area contributed by atoms with E-state index in [0.717, 1.165) is 29.0 Å². The lowest BCUT2D eigenvalue weighted by atomic mass is 10.3. The summed E-state index contributed by atoms with van der Waals surface area (Å²) in [7, 11) is 0. The number of rotatable bonds is 1. The third-order valence-corrected chi connectivity index (χ3v) is 3.08. The molecular formula is C10H11BrN4O. The van der Waals surface area contributed by atoms with E-state index in [0.29, 0.717) is 6.61 Å². The number of aromatic nitrogens is 3. The van der Waals surface area contributed by atoms with Crippen LogP contribution in [-0.4, -0.2) is 34.3 Å². The molecule has 0 amide bonds. The number of halogens is 1. The van der Waals surface area contributed by atoms with Gasteiger partial charge in [0, 0.05) is 23.8 Å². The number of morpholine rings is 1. The third-order valence-electron chi connectivity index (χ3n) is 2.61. The normalized spacial score (nSPS) is 21.4. The number of nitrogens with zero attached hydrogens (tertiary/aromatic N) is 3. The van der Waals surface area contributed by atoms with Gasteiger partial charge in [0.25, 0.3) is 0 Å².